The van der Waals surface area contributed by atoms with E-state index in [9.17, 15) is 24.6 Å². The fourth-order valence-corrected chi connectivity index (χ4v) is 18.2. The van der Waals surface area contributed by atoms with E-state index in [2.05, 4.69) is 151 Å². The van der Waals surface area contributed by atoms with Gasteiger partial charge >= 0.3 is 11.9 Å². The maximum atomic E-state index is 13.1. The van der Waals surface area contributed by atoms with Crippen LogP contribution >= 0.6 is 0 Å². The first-order chi connectivity index (χ1) is 66.8. The Bertz CT molecular complexity index is 5520. The molecule has 13 rings (SSSR count). The molecule has 3 N–H and O–H groups in total. The van der Waals surface area contributed by atoms with E-state index < -0.39 is 12.2 Å². The highest BCUT2D eigenvalue weighted by molar-refractivity contribution is 6.09. The van der Waals surface area contributed by atoms with E-state index in [4.69, 9.17) is 71.1 Å². The van der Waals surface area contributed by atoms with Crippen LogP contribution in [0.5, 0.6) is 46.0 Å². The number of nitrogens with one attached hydrogen (secondary N) is 1. The molecule has 11 aromatic rings. The number of methoxy groups -OCH3 is 4. The minimum atomic E-state index is -0.712. The number of esters is 2. The lowest BCUT2D eigenvalue weighted by Crippen LogP contribution is -2.24. The van der Waals surface area contributed by atoms with Gasteiger partial charge in [-0.3, -0.25) is 9.59 Å². The van der Waals surface area contributed by atoms with Gasteiger partial charge in [0.15, 0.2) is 0 Å². The standard InChI is InChI=1S/C34H42O5.C33H40O4.C26H36O6.C24H33NO5/c1-5-20(2)24-12-8-14-26-25(24)13-9-15-27(26)34(37)39-19-18-38-33-30(21(3)35)28-16-6-10-23-11-7-17-29(32(23)28)31(33)22(4)36;1-7-23(4)31-27-12-8-10-14-29(27)33(30-15-11-9-13-28(30)31)37-17-16-36-32-25(20-34-5)18-24(22(2)3)19-26(32)21-35-6;1-6-20(5)26(27)32-24-11-9-23(10-12-24)30-13-14-31-25-21(17-28-7-2)15-19(4)16-22(25)18-29-8-3;1-6-18(3)24(26)25-21-7-9-22(10-8-21)29-11-12-30-23-19(15-27-4)13-17(2)14-20(23)16-28-5/h8-9,12-15,20-23,35-36H,5-7,10-11,16-19H2,1-4H3;8-15,18-19,22-23H,7,16-17,20-21H2,1-6H3;9-12,15-16,20H,6-8,13-14,17-18H2,1-5H3;7-10,13-14,18H,6,11-12,15-16H2,1-5H3,(H,25,26). The average Bonchev–Trinajstić information content (AvgIpc) is 0.728. The van der Waals surface area contributed by atoms with Crippen molar-refractivity contribution in [3.8, 4) is 46.0 Å². The smallest absolute Gasteiger partial charge is 0.338 e. The molecule has 0 aliphatic heterocycles. The lowest BCUT2D eigenvalue weighted by atomic mass is 9.69. The van der Waals surface area contributed by atoms with Crippen molar-refractivity contribution in [1.82, 2.24) is 0 Å². The fraction of sp³-hybridized carbons (Fsp3) is 0.462. The van der Waals surface area contributed by atoms with E-state index in [1.54, 1.807) is 66.6 Å². The lowest BCUT2D eigenvalue weighted by Gasteiger charge is -2.37. The van der Waals surface area contributed by atoms with Crippen LogP contribution in [0.1, 0.15) is 284 Å². The van der Waals surface area contributed by atoms with Crippen molar-refractivity contribution in [1.29, 1.82) is 0 Å². The summed E-state index contributed by atoms with van der Waals surface area (Å²) in [4.78, 5) is 37.0. The Morgan fingerprint density at radius 1 is 0.391 bits per heavy atom. The van der Waals surface area contributed by atoms with Crippen molar-refractivity contribution in [3.63, 3.8) is 0 Å². The van der Waals surface area contributed by atoms with E-state index in [1.165, 1.54) is 57.0 Å². The lowest BCUT2D eigenvalue weighted by molar-refractivity contribution is -0.138. The van der Waals surface area contributed by atoms with Crippen molar-refractivity contribution in [3.05, 3.63) is 264 Å². The third-order valence-electron chi connectivity index (χ3n) is 25.7. The molecule has 1 amide bonds. The molecule has 2 aliphatic rings. The predicted octanol–water partition coefficient (Wildman–Crippen LogP) is 26.0. The third kappa shape index (κ3) is 29.5. The summed E-state index contributed by atoms with van der Waals surface area (Å²) in [6.07, 6.45) is 8.64. The summed E-state index contributed by atoms with van der Waals surface area (Å²) in [5, 5.41) is 31.4. The zero-order valence-electron chi connectivity index (χ0n) is 85.4. The molecule has 0 saturated heterocycles. The Labute approximate surface area is 819 Å². The number of hydrogen-bond acceptors (Lipinski definition) is 20. The molecule has 0 saturated carbocycles. The predicted molar refractivity (Wildman–Crippen MR) is 550 cm³/mol. The van der Waals surface area contributed by atoms with Crippen LogP contribution in [-0.2, 0) is 95.2 Å². The van der Waals surface area contributed by atoms with Gasteiger partial charge in [-0.05, 0) is 251 Å². The maximum absolute atomic E-state index is 13.1. The minimum absolute atomic E-state index is 0.00847. The van der Waals surface area contributed by atoms with Gasteiger partial charge in [0.25, 0.3) is 0 Å². The second kappa shape index (κ2) is 55.6. The highest BCUT2D eigenvalue weighted by Crippen LogP contribution is 2.51. The van der Waals surface area contributed by atoms with E-state index >= 15 is 0 Å². The molecule has 0 aromatic heterocycles. The highest BCUT2D eigenvalue weighted by atomic mass is 16.6. The Balaban J connectivity index is 0.000000191. The summed E-state index contributed by atoms with van der Waals surface area (Å²) < 4.78 is 86.8. The van der Waals surface area contributed by atoms with Gasteiger partial charge in [0.2, 0.25) is 5.91 Å². The SMILES string of the molecule is CCC(C)C(=O)Nc1ccc(OCCOc2c(COC)cc(C)cc2COC)cc1.CCC(C)c1c2ccccc2c(OCCOc2c(COC)cc(C(C)C)cc2COC)c2ccccc12.CCC(C)c1cccc2c(C(=O)OCCOc3c(C(C)O)c4c5c(c3C(C)O)CCCC5CCC4)cccc12.CCOCc1cc(C)cc(COCC)c1OCCOc1ccc(OC(=O)C(C)CC)cc1. The van der Waals surface area contributed by atoms with E-state index in [0.29, 0.717) is 139 Å². The molecule has 0 heterocycles. The number of benzene rings is 11. The monoisotopic (exact) mass is 1890 g/mol. The molecule has 138 heavy (non-hydrogen) atoms. The summed E-state index contributed by atoms with van der Waals surface area (Å²) in [6.45, 7) is 39.4. The van der Waals surface area contributed by atoms with Gasteiger partial charge in [-0.2, -0.15) is 0 Å². The molecule has 11 aromatic carbocycles. The molecule has 2 aliphatic carbocycles. The zero-order valence-corrected chi connectivity index (χ0v) is 85.4. The Morgan fingerprint density at radius 2 is 0.790 bits per heavy atom. The van der Waals surface area contributed by atoms with Crippen LogP contribution in [0.4, 0.5) is 5.69 Å². The molecule has 0 bridgehead atoms. The number of rotatable bonds is 47. The number of aryl methyl sites for hydroxylation is 2. The quantitative estimate of drug-likeness (QED) is 0.0139. The van der Waals surface area contributed by atoms with Gasteiger partial charge in [0.1, 0.15) is 98.9 Å². The molecular formula is C117H151NO20. The van der Waals surface area contributed by atoms with Gasteiger partial charge in [-0.1, -0.05) is 183 Å². The fourth-order valence-electron chi connectivity index (χ4n) is 18.2. The average molecular weight is 1890 g/mol. The van der Waals surface area contributed by atoms with Crippen molar-refractivity contribution in [2.75, 3.05) is 99.8 Å². The number of fused-ring (bicyclic) bond motifs is 3. The van der Waals surface area contributed by atoms with Crippen LogP contribution in [0, 0.1) is 25.7 Å². The van der Waals surface area contributed by atoms with E-state index in [0.717, 1.165) is 163 Å². The number of anilines is 1. The normalized spacial score (nSPS) is 13.9. The second-order valence-corrected chi connectivity index (χ2v) is 36.3. The Morgan fingerprint density at radius 3 is 1.23 bits per heavy atom. The third-order valence-corrected chi connectivity index (χ3v) is 25.7. The first-order valence-electron chi connectivity index (χ1n) is 49.6. The Hall–Kier alpha value is -11.1. The van der Waals surface area contributed by atoms with Crippen LogP contribution in [0.2, 0.25) is 0 Å². The van der Waals surface area contributed by atoms with E-state index in [1.807, 2.05) is 97.0 Å². The molecule has 6 atom stereocenters. The number of ether oxygens (including phenoxy) is 15. The van der Waals surface area contributed by atoms with Crippen molar-refractivity contribution in [2.24, 2.45) is 11.8 Å². The number of carbonyl (C=O) groups excluding carboxylic acids is 3. The molecule has 6 unspecified atom stereocenters. The van der Waals surface area contributed by atoms with Crippen LogP contribution in [-0.4, -0.2) is 123 Å². The second-order valence-electron chi connectivity index (χ2n) is 36.3. The molecular weight excluding hydrogens is 1740 g/mol. The molecule has 21 nitrogen and oxygen atoms in total. The topological polar surface area (TPSA) is 242 Å². The molecule has 0 spiro atoms. The van der Waals surface area contributed by atoms with Gasteiger partial charge in [-0.25, -0.2) is 4.79 Å². The van der Waals surface area contributed by atoms with Gasteiger partial charge in [0.05, 0.1) is 63.3 Å². The van der Waals surface area contributed by atoms with Crippen molar-refractivity contribution >= 4 is 55.9 Å². The Kier molecular flexibility index (Phi) is 43.9. The zero-order chi connectivity index (χ0) is 99.3. The van der Waals surface area contributed by atoms with Crippen LogP contribution in [0.15, 0.2) is 170 Å². The van der Waals surface area contributed by atoms with Crippen LogP contribution in [0.25, 0.3) is 32.3 Å². The summed E-state index contributed by atoms with van der Waals surface area (Å²) in [7, 11) is 6.76. The molecule has 0 radical (unpaired) electrons. The number of carbonyl (C=O) groups is 3. The van der Waals surface area contributed by atoms with Crippen molar-refractivity contribution < 1.29 is 95.6 Å². The number of aliphatic hydroxyl groups excluding tert-OH is 2. The number of hydrogen-bond donors (Lipinski definition) is 3. The first-order valence-corrected chi connectivity index (χ1v) is 49.6. The summed E-state index contributed by atoms with van der Waals surface area (Å²) in [5.41, 5.74) is 18.9. The van der Waals surface area contributed by atoms with Crippen molar-refractivity contribution in [2.45, 2.75) is 251 Å². The van der Waals surface area contributed by atoms with E-state index in [-0.39, 0.29) is 42.9 Å². The van der Waals surface area contributed by atoms with Crippen LogP contribution in [0.3, 0.4) is 0 Å². The molecule has 0 fully saturated rings. The van der Waals surface area contributed by atoms with Crippen LogP contribution < -0.4 is 43.2 Å². The minimum Gasteiger partial charge on any atom is -0.490 e. The van der Waals surface area contributed by atoms with Gasteiger partial charge < -0.3 is 86.6 Å². The number of amides is 1. The van der Waals surface area contributed by atoms with Gasteiger partial charge in [-0.15, -0.1) is 0 Å². The summed E-state index contributed by atoms with van der Waals surface area (Å²) in [5.74, 6) is 6.91. The molecule has 21 heteroatoms. The summed E-state index contributed by atoms with van der Waals surface area (Å²) >= 11 is 0. The number of aliphatic hydroxyl groups is 2. The first kappa shape index (κ1) is 109. The summed E-state index contributed by atoms with van der Waals surface area (Å²) in [6, 6.07) is 56.1. The largest absolute Gasteiger partial charge is 0.490 e. The maximum Gasteiger partial charge on any atom is 0.338 e. The van der Waals surface area contributed by atoms with Gasteiger partial charge in [0, 0.05) is 109 Å². The molecule has 744 valence electrons. The highest BCUT2D eigenvalue weighted by Gasteiger charge is 2.36.